The van der Waals surface area contributed by atoms with E-state index in [1.807, 2.05) is 4.90 Å². The van der Waals surface area contributed by atoms with Crippen LogP contribution in [-0.4, -0.2) is 68.3 Å². The molecule has 1 aliphatic heterocycles. The number of carbonyl (C=O) groups excluding carboxylic acids is 2. The van der Waals surface area contributed by atoms with Crippen molar-refractivity contribution in [3.8, 4) is 17.0 Å². The molecule has 4 aromatic rings. The summed E-state index contributed by atoms with van der Waals surface area (Å²) < 4.78 is 75.8. The van der Waals surface area contributed by atoms with Crippen LogP contribution in [0.4, 0.5) is 24.7 Å². The van der Waals surface area contributed by atoms with Crippen LogP contribution >= 0.6 is 0 Å². The zero-order chi connectivity index (χ0) is 31.6. The lowest BCUT2D eigenvalue weighted by Gasteiger charge is -2.35. The Bertz CT molecular complexity index is 1910. The molecule has 1 aliphatic rings. The van der Waals surface area contributed by atoms with Crippen LogP contribution in [0.2, 0.25) is 0 Å². The van der Waals surface area contributed by atoms with E-state index in [1.165, 1.54) is 38.4 Å². The first kappa shape index (κ1) is 30.5. The lowest BCUT2D eigenvalue weighted by Crippen LogP contribution is -2.48. The third-order valence-electron chi connectivity index (χ3n) is 6.98. The van der Waals surface area contributed by atoms with Gasteiger partial charge in [-0.3, -0.25) is 14.3 Å². The molecule has 0 radical (unpaired) electrons. The Morgan fingerprint density at radius 2 is 1.64 bits per heavy atom. The molecule has 0 saturated carbocycles. The Kier molecular flexibility index (Phi) is 8.54. The maximum absolute atomic E-state index is 14.8. The number of aromatic nitrogens is 2. The van der Waals surface area contributed by atoms with Crippen LogP contribution in [0, 0.1) is 17.5 Å². The summed E-state index contributed by atoms with van der Waals surface area (Å²) in [4.78, 5) is 34.8. The Hall–Kier alpha value is -4.98. The minimum Gasteiger partial charge on any atom is -0.480 e. The fourth-order valence-electron chi connectivity index (χ4n) is 4.80. The van der Waals surface area contributed by atoms with E-state index in [0.29, 0.717) is 60.0 Å². The molecule has 1 saturated heterocycles. The molecule has 1 N–H and O–H groups in total. The normalized spacial score (nSPS) is 13.8. The number of carbonyl (C=O) groups is 2. The molecule has 1 amide bonds. The highest BCUT2D eigenvalue weighted by molar-refractivity contribution is 7.92. The largest absolute Gasteiger partial charge is 0.480 e. The van der Waals surface area contributed by atoms with E-state index < -0.39 is 32.4 Å². The Balaban J connectivity index is 1.46. The number of amides is 1. The summed E-state index contributed by atoms with van der Waals surface area (Å²) in [7, 11) is -3.22. The molecule has 0 aliphatic carbocycles. The molecular formula is C30H26F3N5O5S. The fraction of sp³-hybridized carbons (Fsp3) is 0.200. The predicted octanol–water partition coefficient (Wildman–Crippen LogP) is 4.32. The van der Waals surface area contributed by atoms with E-state index >= 15 is 0 Å². The average molecular weight is 626 g/mol. The molecular weight excluding hydrogens is 599 g/mol. The van der Waals surface area contributed by atoms with E-state index in [-0.39, 0.29) is 23.3 Å². The number of ether oxygens (including phenoxy) is 1. The van der Waals surface area contributed by atoms with Crippen molar-refractivity contribution in [2.75, 3.05) is 42.9 Å². The van der Waals surface area contributed by atoms with Crippen molar-refractivity contribution < 1.29 is 35.9 Å². The molecule has 10 nitrogen and oxygen atoms in total. The first-order valence-corrected chi connectivity index (χ1v) is 14.8. The molecule has 0 spiro atoms. The van der Waals surface area contributed by atoms with Gasteiger partial charge in [0.15, 0.2) is 5.78 Å². The van der Waals surface area contributed by atoms with Crippen LogP contribution in [0.15, 0.2) is 71.9 Å². The number of nitrogens with one attached hydrogen (secondary N) is 1. The van der Waals surface area contributed by atoms with Gasteiger partial charge in [-0.1, -0.05) is 12.1 Å². The van der Waals surface area contributed by atoms with Crippen LogP contribution in [-0.2, 0) is 19.6 Å². The fourth-order valence-corrected chi connectivity index (χ4v) is 5.91. The third kappa shape index (κ3) is 6.34. The van der Waals surface area contributed by atoms with Gasteiger partial charge in [-0.15, -0.1) is 0 Å². The molecule has 5 rings (SSSR count). The van der Waals surface area contributed by atoms with Gasteiger partial charge in [-0.2, -0.15) is 0 Å². The summed E-state index contributed by atoms with van der Waals surface area (Å²) in [6.45, 7) is 2.91. The molecule has 0 atom stereocenters. The topological polar surface area (TPSA) is 122 Å². The summed E-state index contributed by atoms with van der Waals surface area (Å²) in [6, 6.07) is 8.42. The van der Waals surface area contributed by atoms with Gasteiger partial charge >= 0.3 is 0 Å². The van der Waals surface area contributed by atoms with Crippen LogP contribution in [0.3, 0.4) is 0 Å². The molecule has 44 heavy (non-hydrogen) atoms. The van der Waals surface area contributed by atoms with Crippen molar-refractivity contribution in [3.05, 3.63) is 84.5 Å². The van der Waals surface area contributed by atoms with Gasteiger partial charge in [0.1, 0.15) is 33.9 Å². The minimum absolute atomic E-state index is 0.0976. The summed E-state index contributed by atoms with van der Waals surface area (Å²) in [5.74, 6) is -2.85. The number of hydrogen-bond donors (Lipinski definition) is 1. The zero-order valence-electron chi connectivity index (χ0n) is 23.6. The van der Waals surface area contributed by atoms with Crippen LogP contribution in [0.1, 0.15) is 6.92 Å². The van der Waals surface area contributed by atoms with E-state index in [4.69, 9.17) is 4.74 Å². The molecule has 228 valence electrons. The smallest absolute Gasteiger partial charge is 0.264 e. The van der Waals surface area contributed by atoms with Crippen molar-refractivity contribution in [3.63, 3.8) is 0 Å². The van der Waals surface area contributed by atoms with Crippen molar-refractivity contribution in [1.29, 1.82) is 0 Å². The maximum atomic E-state index is 14.8. The second-order valence-electron chi connectivity index (χ2n) is 9.91. The monoisotopic (exact) mass is 625 g/mol. The number of nitrogens with zero attached hydrogens (tertiary/aromatic N) is 4. The van der Waals surface area contributed by atoms with Gasteiger partial charge in [0.25, 0.3) is 10.0 Å². The predicted molar refractivity (Wildman–Crippen MR) is 157 cm³/mol. The van der Waals surface area contributed by atoms with E-state index in [9.17, 15) is 31.2 Å². The van der Waals surface area contributed by atoms with E-state index in [1.54, 1.807) is 23.1 Å². The van der Waals surface area contributed by atoms with Crippen molar-refractivity contribution in [1.82, 2.24) is 14.9 Å². The number of piperazine rings is 1. The van der Waals surface area contributed by atoms with E-state index in [2.05, 4.69) is 14.7 Å². The average Bonchev–Trinajstić information content (AvgIpc) is 2.99. The van der Waals surface area contributed by atoms with Gasteiger partial charge in [0, 0.05) is 60.9 Å². The van der Waals surface area contributed by atoms with Gasteiger partial charge < -0.3 is 14.5 Å². The number of benzene rings is 2. The SMILES string of the molecule is COc1ncc(-c2ccc3c(F)cnc(N4CCN(C(=O)/C=C/C(C)=O)CC4)c3c2)cc1NS(=O)(=O)c1ccc(F)cc1F. The van der Waals surface area contributed by atoms with Crippen molar-refractivity contribution in [2.24, 2.45) is 0 Å². The first-order valence-electron chi connectivity index (χ1n) is 13.3. The molecule has 14 heteroatoms. The summed E-state index contributed by atoms with van der Waals surface area (Å²) in [5, 5.41) is 0.779. The highest BCUT2D eigenvalue weighted by atomic mass is 32.2. The number of halogens is 3. The molecule has 2 aromatic heterocycles. The highest BCUT2D eigenvalue weighted by Crippen LogP contribution is 2.35. The van der Waals surface area contributed by atoms with E-state index in [0.717, 1.165) is 18.3 Å². The quantitative estimate of drug-likeness (QED) is 0.288. The summed E-state index contributed by atoms with van der Waals surface area (Å²) in [5.41, 5.74) is 0.858. The summed E-state index contributed by atoms with van der Waals surface area (Å²) >= 11 is 0. The van der Waals surface area contributed by atoms with Crippen molar-refractivity contribution >= 4 is 44.0 Å². The number of rotatable bonds is 8. The molecule has 1 fully saturated rings. The second-order valence-corrected chi connectivity index (χ2v) is 11.6. The standard InChI is InChI=1S/C30H26F3N5O5S/c1-18(39)3-8-28(40)37-9-11-38(12-10-37)29-23-13-19(4-6-22(23)25(33)17-34-29)20-14-26(30(43-2)35-16-20)36-44(41,42)27-7-5-21(31)15-24(27)32/h3-8,13-17,36H,9-12H2,1-2H3/b8-3+. The van der Waals surface area contributed by atoms with Gasteiger partial charge in [0.05, 0.1) is 13.3 Å². The number of ketones is 1. The van der Waals surface area contributed by atoms with Crippen LogP contribution in [0.5, 0.6) is 5.88 Å². The number of hydrogen-bond acceptors (Lipinski definition) is 8. The molecule has 3 heterocycles. The zero-order valence-corrected chi connectivity index (χ0v) is 24.4. The number of fused-ring (bicyclic) bond motifs is 1. The lowest BCUT2D eigenvalue weighted by atomic mass is 10.0. The molecule has 0 unspecified atom stereocenters. The number of anilines is 2. The van der Waals surface area contributed by atoms with Crippen LogP contribution in [0.25, 0.3) is 21.9 Å². The Labute approximate surface area is 250 Å². The maximum Gasteiger partial charge on any atom is 0.264 e. The lowest BCUT2D eigenvalue weighted by molar-refractivity contribution is -0.126. The van der Waals surface area contributed by atoms with Gasteiger partial charge in [0.2, 0.25) is 11.8 Å². The van der Waals surface area contributed by atoms with Gasteiger partial charge in [-0.25, -0.2) is 31.6 Å². The second kappa shape index (κ2) is 12.3. The Morgan fingerprint density at radius 1 is 0.886 bits per heavy atom. The minimum atomic E-state index is -4.50. The Morgan fingerprint density at radius 3 is 2.32 bits per heavy atom. The van der Waals surface area contributed by atoms with Crippen LogP contribution < -0.4 is 14.4 Å². The van der Waals surface area contributed by atoms with Gasteiger partial charge in [-0.05, 0) is 42.8 Å². The van der Waals surface area contributed by atoms with Crippen molar-refractivity contribution in [2.45, 2.75) is 11.8 Å². The number of allylic oxidation sites excluding steroid dienone is 1. The highest BCUT2D eigenvalue weighted by Gasteiger charge is 2.24. The number of sulfonamides is 1. The first-order chi connectivity index (χ1) is 21.0. The number of methoxy groups -OCH3 is 1. The number of pyridine rings is 2. The molecule has 2 aromatic carbocycles. The summed E-state index contributed by atoms with van der Waals surface area (Å²) in [6.07, 6.45) is 5.02. The third-order valence-corrected chi connectivity index (χ3v) is 8.37. The molecule has 0 bridgehead atoms.